The summed E-state index contributed by atoms with van der Waals surface area (Å²) in [4.78, 5) is 0.0833. The van der Waals surface area contributed by atoms with Crippen molar-refractivity contribution in [1.29, 1.82) is 0 Å². The van der Waals surface area contributed by atoms with Gasteiger partial charge in [-0.3, -0.25) is 5.10 Å². The van der Waals surface area contributed by atoms with E-state index in [1.165, 1.54) is 18.2 Å². The fourth-order valence-electron chi connectivity index (χ4n) is 1.86. The lowest BCUT2D eigenvalue weighted by Gasteiger charge is -2.08. The minimum atomic E-state index is -3.76. The molecule has 20 heavy (non-hydrogen) atoms. The summed E-state index contributed by atoms with van der Waals surface area (Å²) in [5.74, 6) is -0.516. The molecule has 108 valence electrons. The number of hydrogen-bond donors (Lipinski definition) is 2. The summed E-state index contributed by atoms with van der Waals surface area (Å²) in [6.07, 6.45) is 0. The number of nitrogens with zero attached hydrogens (tertiary/aromatic N) is 1. The van der Waals surface area contributed by atoms with E-state index in [-0.39, 0.29) is 17.0 Å². The van der Waals surface area contributed by atoms with E-state index in [0.717, 1.165) is 0 Å². The summed E-state index contributed by atoms with van der Waals surface area (Å²) in [6, 6.07) is 3.98. The second kappa shape index (κ2) is 5.51. The van der Waals surface area contributed by atoms with Gasteiger partial charge < -0.3 is 0 Å². The number of rotatable bonds is 4. The molecule has 0 saturated carbocycles. The van der Waals surface area contributed by atoms with E-state index in [0.29, 0.717) is 16.4 Å². The highest BCUT2D eigenvalue weighted by Crippen LogP contribution is 2.18. The number of aromatic amines is 1. The third-order valence-electron chi connectivity index (χ3n) is 2.79. The lowest BCUT2D eigenvalue weighted by Crippen LogP contribution is -2.24. The second-order valence-electron chi connectivity index (χ2n) is 4.32. The molecule has 2 rings (SSSR count). The van der Waals surface area contributed by atoms with Gasteiger partial charge in [-0.2, -0.15) is 5.10 Å². The standard InChI is InChI=1S/C12H13ClFN3O2S/c1-7-12(8(2)17-16-7)20(18,19)15-6-9-5-10(13)3-4-11(9)14/h3-5,15H,6H2,1-2H3,(H,16,17). The molecule has 2 N–H and O–H groups in total. The average Bonchev–Trinajstić information content (AvgIpc) is 2.71. The van der Waals surface area contributed by atoms with Gasteiger partial charge in [-0.15, -0.1) is 0 Å². The average molecular weight is 318 g/mol. The first-order valence-electron chi connectivity index (χ1n) is 5.76. The first-order chi connectivity index (χ1) is 9.31. The van der Waals surface area contributed by atoms with Crippen LogP contribution in [0.15, 0.2) is 23.1 Å². The number of aromatic nitrogens is 2. The third kappa shape index (κ3) is 3.00. The fraction of sp³-hybridized carbons (Fsp3) is 0.250. The number of benzene rings is 1. The van der Waals surface area contributed by atoms with E-state index < -0.39 is 15.8 Å². The number of nitrogens with one attached hydrogen (secondary N) is 2. The molecule has 1 heterocycles. The minimum absolute atomic E-state index is 0.0833. The molecule has 8 heteroatoms. The summed E-state index contributed by atoms with van der Waals surface area (Å²) in [7, 11) is -3.76. The minimum Gasteiger partial charge on any atom is -0.281 e. The number of H-pyrrole nitrogens is 1. The smallest absolute Gasteiger partial charge is 0.244 e. The molecule has 5 nitrogen and oxygen atoms in total. The van der Waals surface area contributed by atoms with Crippen molar-refractivity contribution in [2.75, 3.05) is 0 Å². The van der Waals surface area contributed by atoms with E-state index in [2.05, 4.69) is 14.9 Å². The summed E-state index contributed by atoms with van der Waals surface area (Å²) < 4.78 is 40.2. The molecular weight excluding hydrogens is 305 g/mol. The van der Waals surface area contributed by atoms with Gasteiger partial charge in [0, 0.05) is 17.1 Å². The molecule has 1 aromatic heterocycles. The highest BCUT2D eigenvalue weighted by atomic mass is 35.5. The van der Waals surface area contributed by atoms with Crippen LogP contribution < -0.4 is 4.72 Å². The Morgan fingerprint density at radius 3 is 2.70 bits per heavy atom. The highest BCUT2D eigenvalue weighted by molar-refractivity contribution is 7.89. The summed E-state index contributed by atoms with van der Waals surface area (Å²) in [6.45, 7) is 3.01. The maximum atomic E-state index is 13.5. The molecule has 0 radical (unpaired) electrons. The maximum Gasteiger partial charge on any atom is 0.244 e. The molecule has 2 aromatic rings. The van der Waals surface area contributed by atoms with E-state index in [9.17, 15) is 12.8 Å². The van der Waals surface area contributed by atoms with Crippen molar-refractivity contribution in [2.45, 2.75) is 25.3 Å². The Morgan fingerprint density at radius 2 is 2.10 bits per heavy atom. The molecule has 0 aliphatic rings. The monoisotopic (exact) mass is 317 g/mol. The van der Waals surface area contributed by atoms with Gasteiger partial charge in [0.15, 0.2) is 0 Å². The Labute approximate surface area is 121 Å². The largest absolute Gasteiger partial charge is 0.281 e. The Hall–Kier alpha value is -1.44. The van der Waals surface area contributed by atoms with Gasteiger partial charge in [0.05, 0.1) is 11.4 Å². The molecule has 0 spiro atoms. The van der Waals surface area contributed by atoms with Crippen LogP contribution in [0.25, 0.3) is 0 Å². The van der Waals surface area contributed by atoms with E-state index in [1.54, 1.807) is 13.8 Å². The van der Waals surface area contributed by atoms with Crippen molar-refractivity contribution in [2.24, 2.45) is 0 Å². The molecule has 0 amide bonds. The SMILES string of the molecule is Cc1n[nH]c(C)c1S(=O)(=O)NCc1cc(Cl)ccc1F. The van der Waals surface area contributed by atoms with Crippen molar-refractivity contribution >= 4 is 21.6 Å². The van der Waals surface area contributed by atoms with Crippen molar-refractivity contribution < 1.29 is 12.8 Å². The topological polar surface area (TPSA) is 74.8 Å². The quantitative estimate of drug-likeness (QED) is 0.908. The molecule has 0 aliphatic heterocycles. The number of sulfonamides is 1. The predicted octanol–water partition coefficient (Wildman–Crippen LogP) is 2.30. The molecule has 0 atom stereocenters. The number of hydrogen-bond acceptors (Lipinski definition) is 3. The normalized spacial score (nSPS) is 11.8. The summed E-state index contributed by atoms with van der Waals surface area (Å²) >= 11 is 5.76. The lowest BCUT2D eigenvalue weighted by atomic mass is 10.2. The van der Waals surface area contributed by atoms with Gasteiger partial charge >= 0.3 is 0 Å². The van der Waals surface area contributed by atoms with Crippen LogP contribution in [0.3, 0.4) is 0 Å². The van der Waals surface area contributed by atoms with Gasteiger partial charge in [0.25, 0.3) is 0 Å². The van der Waals surface area contributed by atoms with Crippen LogP contribution in [0, 0.1) is 19.7 Å². The zero-order valence-electron chi connectivity index (χ0n) is 10.9. The van der Waals surface area contributed by atoms with E-state index in [1.807, 2.05) is 0 Å². The molecule has 0 unspecified atom stereocenters. The van der Waals surface area contributed by atoms with Crippen molar-refractivity contribution in [3.63, 3.8) is 0 Å². The molecule has 0 fully saturated rings. The summed E-state index contributed by atoms with van der Waals surface area (Å²) in [5, 5.41) is 6.77. The molecule has 0 bridgehead atoms. The van der Waals surface area contributed by atoms with E-state index >= 15 is 0 Å². The maximum absolute atomic E-state index is 13.5. The highest BCUT2D eigenvalue weighted by Gasteiger charge is 2.22. The van der Waals surface area contributed by atoms with Gasteiger partial charge in [-0.05, 0) is 32.0 Å². The first-order valence-corrected chi connectivity index (χ1v) is 7.62. The van der Waals surface area contributed by atoms with Crippen molar-refractivity contribution in [3.8, 4) is 0 Å². The zero-order valence-corrected chi connectivity index (χ0v) is 12.4. The Morgan fingerprint density at radius 1 is 1.40 bits per heavy atom. The van der Waals surface area contributed by atoms with Crippen LogP contribution in [0.2, 0.25) is 5.02 Å². The van der Waals surface area contributed by atoms with Crippen LogP contribution >= 0.6 is 11.6 Å². The second-order valence-corrected chi connectivity index (χ2v) is 6.46. The Kier molecular flexibility index (Phi) is 4.12. The molecule has 1 aromatic carbocycles. The molecular formula is C12H13ClFN3O2S. The fourth-order valence-corrected chi connectivity index (χ4v) is 3.43. The Balaban J connectivity index is 2.24. The van der Waals surface area contributed by atoms with Gasteiger partial charge in [0.1, 0.15) is 10.7 Å². The predicted molar refractivity (Wildman–Crippen MR) is 73.5 cm³/mol. The van der Waals surface area contributed by atoms with Gasteiger partial charge in [0.2, 0.25) is 10.0 Å². The third-order valence-corrected chi connectivity index (χ3v) is 4.69. The molecule has 0 saturated heterocycles. The van der Waals surface area contributed by atoms with Crippen LogP contribution in [-0.2, 0) is 16.6 Å². The Bertz CT molecular complexity index is 724. The van der Waals surface area contributed by atoms with Crippen LogP contribution in [0.5, 0.6) is 0 Å². The first kappa shape index (κ1) is 15.0. The number of aryl methyl sites for hydroxylation is 2. The number of halogens is 2. The van der Waals surface area contributed by atoms with E-state index in [4.69, 9.17) is 11.6 Å². The van der Waals surface area contributed by atoms with Crippen LogP contribution in [-0.4, -0.2) is 18.6 Å². The van der Waals surface area contributed by atoms with Crippen LogP contribution in [0.4, 0.5) is 4.39 Å². The van der Waals surface area contributed by atoms with Crippen molar-refractivity contribution in [3.05, 3.63) is 46.0 Å². The van der Waals surface area contributed by atoms with Crippen molar-refractivity contribution in [1.82, 2.24) is 14.9 Å². The van der Waals surface area contributed by atoms with Gasteiger partial charge in [-0.1, -0.05) is 11.6 Å². The van der Waals surface area contributed by atoms with Crippen LogP contribution in [0.1, 0.15) is 17.0 Å². The zero-order chi connectivity index (χ0) is 14.9. The molecule has 0 aliphatic carbocycles. The van der Waals surface area contributed by atoms with Gasteiger partial charge in [-0.25, -0.2) is 17.5 Å². The summed E-state index contributed by atoms with van der Waals surface area (Å²) in [5.41, 5.74) is 0.975. The lowest BCUT2D eigenvalue weighted by molar-refractivity contribution is 0.573.